The molecule has 0 unspecified atom stereocenters. The number of anilines is 1. The van der Waals surface area contributed by atoms with E-state index in [9.17, 15) is 18.0 Å². The topological polar surface area (TPSA) is 113 Å². The monoisotopic (exact) mass is 388 g/mol. The summed E-state index contributed by atoms with van der Waals surface area (Å²) >= 11 is 0. The molecule has 0 saturated heterocycles. The first kappa shape index (κ1) is 20.7. The van der Waals surface area contributed by atoms with Gasteiger partial charge in [-0.1, -0.05) is 29.7 Å². The van der Waals surface area contributed by atoms with Crippen molar-refractivity contribution >= 4 is 40.9 Å². The average Bonchev–Trinajstić information content (AvgIpc) is 2.61. The van der Waals surface area contributed by atoms with Gasteiger partial charge in [-0.05, 0) is 36.2 Å². The fourth-order valence-electron chi connectivity index (χ4n) is 2.34. The van der Waals surface area contributed by atoms with Crippen LogP contribution in [0.15, 0.2) is 48.5 Å². The summed E-state index contributed by atoms with van der Waals surface area (Å²) in [5, 5.41) is 5.25. The van der Waals surface area contributed by atoms with E-state index in [1.54, 1.807) is 24.3 Å². The highest BCUT2D eigenvalue weighted by Gasteiger charge is 2.09. The molecule has 0 bridgehead atoms. The highest BCUT2D eigenvalue weighted by molar-refractivity contribution is 7.85. The van der Waals surface area contributed by atoms with Gasteiger partial charge in [-0.15, -0.1) is 0 Å². The summed E-state index contributed by atoms with van der Waals surface area (Å²) < 4.78 is 29.9. The zero-order valence-electron chi connectivity index (χ0n) is 14.9. The summed E-state index contributed by atoms with van der Waals surface area (Å²) in [6.45, 7) is -0.168. The van der Waals surface area contributed by atoms with Crippen LogP contribution in [0.3, 0.4) is 0 Å². The molecule has 0 aliphatic rings. The molecule has 0 spiro atoms. The van der Waals surface area contributed by atoms with Crippen LogP contribution < -0.4 is 16.1 Å². The summed E-state index contributed by atoms with van der Waals surface area (Å²) in [6.07, 6.45) is 0.843. The Bertz CT molecular complexity index is 896. The van der Waals surface area contributed by atoms with E-state index in [4.69, 9.17) is 4.55 Å². The van der Waals surface area contributed by atoms with E-state index in [1.807, 2.05) is 32.1 Å². The van der Waals surface area contributed by atoms with E-state index in [-0.39, 0.29) is 12.5 Å². The van der Waals surface area contributed by atoms with Crippen LogP contribution in [-0.2, 0) is 21.3 Å². The molecule has 0 heterocycles. The van der Waals surface area contributed by atoms with Gasteiger partial charge in [0.25, 0.3) is 16.0 Å². The first-order valence-corrected chi connectivity index (χ1v) is 10.0. The molecule has 9 heteroatoms. The molecule has 0 aliphatic carbocycles. The standard InChI is InChI=1S/C18H21BN2O5S/c19-15-6-8-16(9-7-15)21-17(22)10-3-13-1-4-14(5-2-13)18(23)20-11-12-27(24,25)26/h1-2,4-9H,3,10-12,19H2,(H,20,23)(H,21,22)(H,24,25,26). The molecule has 0 saturated carbocycles. The number of carbonyl (C=O) groups is 2. The molecule has 2 aromatic carbocycles. The highest BCUT2D eigenvalue weighted by Crippen LogP contribution is 2.09. The quantitative estimate of drug-likeness (QED) is 0.440. The first-order valence-electron chi connectivity index (χ1n) is 8.42. The van der Waals surface area contributed by atoms with Crippen LogP contribution in [0.1, 0.15) is 22.3 Å². The molecule has 0 atom stereocenters. The number of carbonyl (C=O) groups excluding carboxylic acids is 2. The Hall–Kier alpha value is -2.65. The fourth-order valence-corrected chi connectivity index (χ4v) is 2.70. The molecule has 142 valence electrons. The van der Waals surface area contributed by atoms with Crippen molar-refractivity contribution in [1.82, 2.24) is 5.32 Å². The van der Waals surface area contributed by atoms with Crippen LogP contribution in [0.5, 0.6) is 0 Å². The maximum Gasteiger partial charge on any atom is 0.266 e. The van der Waals surface area contributed by atoms with Gasteiger partial charge in [-0.2, -0.15) is 8.42 Å². The van der Waals surface area contributed by atoms with E-state index in [1.165, 1.54) is 0 Å². The number of rotatable bonds is 8. The van der Waals surface area contributed by atoms with Gasteiger partial charge in [-0.3, -0.25) is 14.1 Å². The minimum atomic E-state index is -4.10. The van der Waals surface area contributed by atoms with Gasteiger partial charge in [0, 0.05) is 24.2 Å². The Labute approximate surface area is 159 Å². The van der Waals surface area contributed by atoms with Crippen molar-refractivity contribution < 1.29 is 22.6 Å². The van der Waals surface area contributed by atoms with E-state index in [0.717, 1.165) is 16.7 Å². The van der Waals surface area contributed by atoms with Crippen molar-refractivity contribution in [2.24, 2.45) is 0 Å². The van der Waals surface area contributed by atoms with Gasteiger partial charge in [0.1, 0.15) is 7.85 Å². The van der Waals surface area contributed by atoms with Crippen LogP contribution in [0.2, 0.25) is 0 Å². The van der Waals surface area contributed by atoms with Gasteiger partial charge in [0.05, 0.1) is 5.75 Å². The van der Waals surface area contributed by atoms with Gasteiger partial charge >= 0.3 is 0 Å². The molecule has 0 aliphatic heterocycles. The van der Waals surface area contributed by atoms with Gasteiger partial charge < -0.3 is 10.6 Å². The molecule has 0 fully saturated rings. The third-order valence-electron chi connectivity index (χ3n) is 3.84. The smallest absolute Gasteiger partial charge is 0.266 e. The Morgan fingerprint density at radius 3 is 2.22 bits per heavy atom. The predicted octanol–water partition coefficient (Wildman–Crippen LogP) is 0.134. The molecule has 3 N–H and O–H groups in total. The Kier molecular flexibility index (Phi) is 7.15. The van der Waals surface area contributed by atoms with Crippen molar-refractivity contribution in [1.29, 1.82) is 0 Å². The normalized spacial score (nSPS) is 11.0. The second-order valence-corrected chi connectivity index (χ2v) is 7.73. The fraction of sp³-hybridized carbons (Fsp3) is 0.222. The average molecular weight is 388 g/mol. The molecule has 0 radical (unpaired) electrons. The number of hydrogen-bond donors (Lipinski definition) is 3. The van der Waals surface area contributed by atoms with E-state index in [2.05, 4.69) is 10.6 Å². The molecular weight excluding hydrogens is 367 g/mol. The second kappa shape index (κ2) is 9.34. The zero-order valence-corrected chi connectivity index (χ0v) is 15.8. The maximum atomic E-state index is 12.0. The van der Waals surface area contributed by atoms with Gasteiger partial charge in [-0.25, -0.2) is 0 Å². The lowest BCUT2D eigenvalue weighted by Gasteiger charge is -2.07. The first-order chi connectivity index (χ1) is 12.7. The lowest BCUT2D eigenvalue weighted by atomic mass is 9.96. The molecule has 0 aromatic heterocycles. The molecule has 7 nitrogen and oxygen atoms in total. The lowest BCUT2D eigenvalue weighted by molar-refractivity contribution is -0.116. The Morgan fingerprint density at radius 1 is 1.00 bits per heavy atom. The number of benzene rings is 2. The summed E-state index contributed by atoms with van der Waals surface area (Å²) in [6, 6.07) is 14.3. The maximum absolute atomic E-state index is 12.0. The van der Waals surface area contributed by atoms with Gasteiger partial charge in [0.2, 0.25) is 5.91 Å². The minimum Gasteiger partial charge on any atom is -0.351 e. The zero-order chi connectivity index (χ0) is 19.9. The van der Waals surface area contributed by atoms with Crippen molar-refractivity contribution in [2.75, 3.05) is 17.6 Å². The summed E-state index contributed by atoms with van der Waals surface area (Å²) in [5.74, 6) is -1.05. The van der Waals surface area contributed by atoms with Crippen molar-refractivity contribution in [3.05, 3.63) is 59.7 Å². The van der Waals surface area contributed by atoms with Crippen molar-refractivity contribution in [3.8, 4) is 0 Å². The van der Waals surface area contributed by atoms with Crippen LogP contribution in [-0.4, -0.2) is 44.9 Å². The SMILES string of the molecule is Bc1ccc(NC(=O)CCc2ccc(C(=O)NCCS(=O)(=O)O)cc2)cc1. The minimum absolute atomic E-state index is 0.0918. The number of hydrogen-bond acceptors (Lipinski definition) is 4. The predicted molar refractivity (Wildman–Crippen MR) is 107 cm³/mol. The van der Waals surface area contributed by atoms with Crippen molar-refractivity contribution in [3.63, 3.8) is 0 Å². The van der Waals surface area contributed by atoms with E-state index in [0.29, 0.717) is 18.4 Å². The molecular formula is C18H21BN2O5S. The summed E-state index contributed by atoms with van der Waals surface area (Å²) in [5.41, 5.74) is 3.15. The van der Waals surface area contributed by atoms with Crippen LogP contribution in [0.4, 0.5) is 5.69 Å². The van der Waals surface area contributed by atoms with E-state index >= 15 is 0 Å². The van der Waals surface area contributed by atoms with Crippen molar-refractivity contribution in [2.45, 2.75) is 12.8 Å². The second-order valence-electron chi connectivity index (χ2n) is 6.15. The third kappa shape index (κ3) is 7.63. The van der Waals surface area contributed by atoms with Gasteiger partial charge in [0.15, 0.2) is 0 Å². The third-order valence-corrected chi connectivity index (χ3v) is 4.56. The van der Waals surface area contributed by atoms with Crippen LogP contribution in [0.25, 0.3) is 0 Å². The highest BCUT2D eigenvalue weighted by atomic mass is 32.2. The molecule has 2 rings (SSSR count). The lowest BCUT2D eigenvalue weighted by Crippen LogP contribution is -2.28. The molecule has 27 heavy (non-hydrogen) atoms. The largest absolute Gasteiger partial charge is 0.351 e. The van der Waals surface area contributed by atoms with E-state index < -0.39 is 21.8 Å². The number of nitrogens with one attached hydrogen (secondary N) is 2. The molecule has 2 aromatic rings. The summed E-state index contributed by atoms with van der Waals surface area (Å²) in [7, 11) is -2.13. The number of amides is 2. The number of aryl methyl sites for hydroxylation is 1. The molecule has 2 amide bonds. The van der Waals surface area contributed by atoms with Crippen LogP contribution in [0, 0.1) is 0 Å². The Morgan fingerprint density at radius 2 is 1.63 bits per heavy atom. The van der Waals surface area contributed by atoms with Crippen LogP contribution >= 0.6 is 0 Å². The summed E-state index contributed by atoms with van der Waals surface area (Å²) in [4.78, 5) is 23.9. The Balaban J connectivity index is 1.80.